The zero-order valence-corrected chi connectivity index (χ0v) is 12.8. The van der Waals surface area contributed by atoms with Gasteiger partial charge in [-0.3, -0.25) is 19.8 Å². The summed E-state index contributed by atoms with van der Waals surface area (Å²) < 4.78 is 0. The summed E-state index contributed by atoms with van der Waals surface area (Å²) in [5, 5.41) is 4.21. The molecule has 4 amide bonds. The largest absolute Gasteiger partial charge is 0.330 e. The molecule has 1 aliphatic rings. The fraction of sp³-hybridized carbons (Fsp3) is 0.500. The van der Waals surface area contributed by atoms with E-state index in [1.807, 2.05) is 31.4 Å². The molecule has 1 aromatic rings. The van der Waals surface area contributed by atoms with Crippen molar-refractivity contribution in [2.24, 2.45) is 5.41 Å². The van der Waals surface area contributed by atoms with E-state index in [0.717, 1.165) is 9.78 Å². The molecule has 0 atom stereocenters. The third kappa shape index (κ3) is 2.35. The van der Waals surface area contributed by atoms with Crippen molar-refractivity contribution in [1.82, 2.24) is 10.2 Å². The molecule has 0 aromatic carbocycles. The second kappa shape index (κ2) is 4.70. The Morgan fingerprint density at radius 3 is 2.50 bits per heavy atom. The molecule has 0 spiro atoms. The number of nitrogens with zero attached hydrogens (tertiary/aromatic N) is 1. The molecule has 20 heavy (non-hydrogen) atoms. The van der Waals surface area contributed by atoms with Gasteiger partial charge in [-0.05, 0) is 25.3 Å². The number of nitrogens with one attached hydrogen (secondary N) is 1. The van der Waals surface area contributed by atoms with E-state index in [-0.39, 0.29) is 12.0 Å². The van der Waals surface area contributed by atoms with Gasteiger partial charge in [-0.25, -0.2) is 4.79 Å². The molecule has 0 saturated carbocycles. The number of hydrogen-bond acceptors (Lipinski definition) is 4. The summed E-state index contributed by atoms with van der Waals surface area (Å²) >= 11 is 1.58. The van der Waals surface area contributed by atoms with Crippen molar-refractivity contribution in [3.05, 3.63) is 22.4 Å². The van der Waals surface area contributed by atoms with Gasteiger partial charge in [-0.15, -0.1) is 11.3 Å². The van der Waals surface area contributed by atoms with E-state index in [0.29, 0.717) is 0 Å². The highest BCUT2D eigenvalue weighted by atomic mass is 32.1. The van der Waals surface area contributed by atoms with E-state index < -0.39 is 23.3 Å². The lowest BCUT2D eigenvalue weighted by Gasteiger charge is -2.38. The van der Waals surface area contributed by atoms with Crippen molar-refractivity contribution in [3.63, 3.8) is 0 Å². The van der Waals surface area contributed by atoms with Gasteiger partial charge in [0.05, 0.1) is 0 Å². The number of amides is 4. The summed E-state index contributed by atoms with van der Waals surface area (Å²) in [5.74, 6) is -0.992. The second-order valence-corrected chi connectivity index (χ2v) is 7.08. The van der Waals surface area contributed by atoms with E-state index in [1.165, 1.54) is 13.8 Å². The maximum absolute atomic E-state index is 12.4. The number of hydrogen-bond donors (Lipinski definition) is 1. The minimum absolute atomic E-state index is 0.245. The average Bonchev–Trinajstić information content (AvgIpc) is 2.87. The first-order valence-corrected chi connectivity index (χ1v) is 7.25. The lowest BCUT2D eigenvalue weighted by molar-refractivity contribution is -0.149. The molecule has 1 saturated heterocycles. The van der Waals surface area contributed by atoms with Crippen molar-refractivity contribution < 1.29 is 14.4 Å². The summed E-state index contributed by atoms with van der Waals surface area (Å²) in [6.45, 7) is 7.25. The van der Waals surface area contributed by atoms with Gasteiger partial charge >= 0.3 is 6.03 Å². The van der Waals surface area contributed by atoms with Crippen molar-refractivity contribution in [3.8, 4) is 0 Å². The number of urea groups is 1. The molecule has 1 N–H and O–H groups in total. The molecular weight excluding hydrogens is 276 g/mol. The maximum atomic E-state index is 12.4. The predicted molar refractivity (Wildman–Crippen MR) is 76.4 cm³/mol. The molecule has 1 fully saturated rings. The monoisotopic (exact) mass is 294 g/mol. The van der Waals surface area contributed by atoms with Crippen LogP contribution in [0.5, 0.6) is 0 Å². The topological polar surface area (TPSA) is 66.5 Å². The van der Waals surface area contributed by atoms with Crippen LogP contribution in [-0.2, 0) is 15.0 Å². The molecule has 0 bridgehead atoms. The lowest BCUT2D eigenvalue weighted by Crippen LogP contribution is -2.63. The molecule has 6 heteroatoms. The van der Waals surface area contributed by atoms with Crippen LogP contribution in [0.15, 0.2) is 17.5 Å². The standard InChI is InChI=1S/C14H18N2O3S/c1-13(2,9-6-5-7-20-9)8-16-11(18)14(3,4)10(17)15-12(16)19/h5-7H,8H2,1-4H3,(H,15,17,19). The van der Waals surface area contributed by atoms with Crippen LogP contribution in [0.1, 0.15) is 32.6 Å². The van der Waals surface area contributed by atoms with Crippen molar-refractivity contribution in [2.75, 3.05) is 6.54 Å². The summed E-state index contributed by atoms with van der Waals surface area (Å²) in [5.41, 5.74) is -1.56. The summed E-state index contributed by atoms with van der Waals surface area (Å²) in [7, 11) is 0. The maximum Gasteiger partial charge on any atom is 0.330 e. The zero-order chi connectivity index (χ0) is 15.1. The van der Waals surface area contributed by atoms with Gasteiger partial charge in [0.1, 0.15) is 5.41 Å². The minimum Gasteiger partial charge on any atom is -0.277 e. The van der Waals surface area contributed by atoms with Crippen LogP contribution in [0.3, 0.4) is 0 Å². The van der Waals surface area contributed by atoms with Crippen LogP contribution in [0, 0.1) is 5.41 Å². The van der Waals surface area contributed by atoms with Crippen LogP contribution in [0.2, 0.25) is 0 Å². The Labute approximate surface area is 122 Å². The Kier molecular flexibility index (Phi) is 3.46. The lowest BCUT2D eigenvalue weighted by atomic mass is 9.86. The summed E-state index contributed by atoms with van der Waals surface area (Å²) in [4.78, 5) is 38.2. The van der Waals surface area contributed by atoms with E-state index in [9.17, 15) is 14.4 Å². The Hall–Kier alpha value is -1.69. The number of imide groups is 2. The number of thiophene rings is 1. The number of barbiturate groups is 1. The van der Waals surface area contributed by atoms with Crippen molar-refractivity contribution in [1.29, 1.82) is 0 Å². The van der Waals surface area contributed by atoms with Crippen LogP contribution in [0.4, 0.5) is 4.79 Å². The normalized spacial score (nSPS) is 19.2. The number of carbonyl (C=O) groups is 3. The van der Waals surface area contributed by atoms with Crippen LogP contribution in [0.25, 0.3) is 0 Å². The summed E-state index contributed by atoms with van der Waals surface area (Å²) in [6.07, 6.45) is 0. The van der Waals surface area contributed by atoms with Gasteiger partial charge < -0.3 is 0 Å². The highest BCUT2D eigenvalue weighted by molar-refractivity contribution is 7.10. The van der Waals surface area contributed by atoms with Crippen LogP contribution in [-0.4, -0.2) is 29.3 Å². The third-order valence-corrected chi connectivity index (χ3v) is 4.79. The van der Waals surface area contributed by atoms with Gasteiger partial charge in [0.25, 0.3) is 0 Å². The first-order chi connectivity index (χ1) is 9.16. The minimum atomic E-state index is -1.21. The highest BCUT2D eigenvalue weighted by Gasteiger charge is 2.48. The van der Waals surface area contributed by atoms with Gasteiger partial charge in [0.2, 0.25) is 11.8 Å². The van der Waals surface area contributed by atoms with Crippen molar-refractivity contribution in [2.45, 2.75) is 33.1 Å². The molecule has 2 rings (SSSR count). The Morgan fingerprint density at radius 2 is 1.95 bits per heavy atom. The fourth-order valence-electron chi connectivity index (χ4n) is 2.13. The zero-order valence-electron chi connectivity index (χ0n) is 12.0. The molecule has 0 radical (unpaired) electrons. The predicted octanol–water partition coefficient (Wildman–Crippen LogP) is 2.13. The Morgan fingerprint density at radius 1 is 1.30 bits per heavy atom. The molecule has 0 aliphatic carbocycles. The molecule has 2 heterocycles. The molecule has 5 nitrogen and oxygen atoms in total. The van der Waals surface area contributed by atoms with E-state index in [1.54, 1.807) is 11.3 Å². The molecule has 108 valence electrons. The van der Waals surface area contributed by atoms with E-state index in [2.05, 4.69) is 5.32 Å². The molecular formula is C14H18N2O3S. The van der Waals surface area contributed by atoms with Gasteiger partial charge in [0.15, 0.2) is 0 Å². The van der Waals surface area contributed by atoms with Crippen LogP contribution >= 0.6 is 11.3 Å². The first-order valence-electron chi connectivity index (χ1n) is 6.37. The average molecular weight is 294 g/mol. The third-order valence-electron chi connectivity index (χ3n) is 3.55. The van der Waals surface area contributed by atoms with Crippen molar-refractivity contribution >= 4 is 29.2 Å². The quantitative estimate of drug-likeness (QED) is 0.868. The SMILES string of the molecule is CC1(C)C(=O)NC(=O)N(CC(C)(C)c2cccs2)C1=O. The number of carbonyl (C=O) groups excluding carboxylic acids is 3. The molecule has 1 aromatic heterocycles. The van der Waals surface area contributed by atoms with E-state index in [4.69, 9.17) is 0 Å². The highest BCUT2D eigenvalue weighted by Crippen LogP contribution is 2.31. The van der Waals surface area contributed by atoms with Gasteiger partial charge in [-0.1, -0.05) is 19.9 Å². The van der Waals surface area contributed by atoms with Gasteiger partial charge in [-0.2, -0.15) is 0 Å². The fourth-order valence-corrected chi connectivity index (χ4v) is 2.97. The first kappa shape index (κ1) is 14.7. The smallest absolute Gasteiger partial charge is 0.277 e. The molecule has 1 aliphatic heterocycles. The van der Waals surface area contributed by atoms with E-state index >= 15 is 0 Å². The van der Waals surface area contributed by atoms with Gasteiger partial charge in [0, 0.05) is 16.8 Å². The Bertz CT molecular complexity index is 561. The Balaban J connectivity index is 2.26. The molecule has 0 unspecified atom stereocenters. The number of rotatable bonds is 3. The second-order valence-electron chi connectivity index (χ2n) is 6.14. The summed E-state index contributed by atoms with van der Waals surface area (Å²) in [6, 6.07) is 3.28. The van der Waals surface area contributed by atoms with Crippen LogP contribution < -0.4 is 5.32 Å².